The molecule has 0 aliphatic heterocycles. The lowest BCUT2D eigenvalue weighted by Gasteiger charge is -2.23. The van der Waals surface area contributed by atoms with Crippen molar-refractivity contribution in [3.8, 4) is 5.75 Å². The summed E-state index contributed by atoms with van der Waals surface area (Å²) in [6.45, 7) is 2.40. The summed E-state index contributed by atoms with van der Waals surface area (Å²) in [6.07, 6.45) is 0.662. The lowest BCUT2D eigenvalue weighted by atomic mass is 9.98. The number of hydrogen-bond donors (Lipinski definition) is 2. The van der Waals surface area contributed by atoms with Gasteiger partial charge in [0.05, 0.1) is 22.6 Å². The fourth-order valence-electron chi connectivity index (χ4n) is 3.34. The second kappa shape index (κ2) is 13.2. The molecule has 2 N–H and O–H groups in total. The zero-order chi connectivity index (χ0) is 24.3. The number of hydrogen-bond acceptors (Lipinski definition) is 4. The van der Waals surface area contributed by atoms with Crippen LogP contribution in [0.25, 0.3) is 0 Å². The van der Waals surface area contributed by atoms with E-state index in [4.69, 9.17) is 44.9 Å². The molecule has 8 heteroatoms. The topological polar surface area (TPSA) is 59.6 Å². The van der Waals surface area contributed by atoms with Gasteiger partial charge in [-0.05, 0) is 54.9 Å². The molecule has 0 radical (unpaired) electrons. The molecule has 34 heavy (non-hydrogen) atoms. The van der Waals surface area contributed by atoms with Gasteiger partial charge in [-0.15, -0.1) is 0 Å². The van der Waals surface area contributed by atoms with Crippen molar-refractivity contribution in [3.05, 3.63) is 99.5 Å². The van der Waals surface area contributed by atoms with E-state index < -0.39 is 5.97 Å². The third-order valence-corrected chi connectivity index (χ3v) is 6.03. The molecule has 5 nitrogen and oxygen atoms in total. The number of esters is 1. The quantitative estimate of drug-likeness (QED) is 0.205. The Kier molecular flexibility index (Phi) is 10.0. The van der Waals surface area contributed by atoms with Gasteiger partial charge in [0.15, 0.2) is 11.7 Å². The van der Waals surface area contributed by atoms with Crippen LogP contribution in [0.15, 0.2) is 72.8 Å². The number of carbonyl (C=O) groups excluding carboxylic acids is 1. The predicted molar refractivity (Wildman–Crippen MR) is 141 cm³/mol. The predicted octanol–water partition coefficient (Wildman–Crippen LogP) is 5.67. The molecule has 1 atom stereocenters. The van der Waals surface area contributed by atoms with Crippen molar-refractivity contribution in [1.29, 1.82) is 0 Å². The van der Waals surface area contributed by atoms with Crippen LogP contribution in [0.1, 0.15) is 22.7 Å². The number of para-hydroxylation sites is 1. The Morgan fingerprint density at radius 1 is 1.03 bits per heavy atom. The van der Waals surface area contributed by atoms with E-state index in [1.165, 1.54) is 5.56 Å². The Balaban J connectivity index is 1.51. The molecule has 0 heterocycles. The lowest BCUT2D eigenvalue weighted by molar-refractivity contribution is -0.145. The average molecular weight is 517 g/mol. The van der Waals surface area contributed by atoms with E-state index in [0.29, 0.717) is 33.9 Å². The van der Waals surface area contributed by atoms with E-state index in [1.807, 2.05) is 36.4 Å². The molecule has 3 aromatic carbocycles. The third kappa shape index (κ3) is 8.20. The highest BCUT2D eigenvalue weighted by Gasteiger charge is 2.18. The van der Waals surface area contributed by atoms with Crippen molar-refractivity contribution in [2.75, 3.05) is 19.8 Å². The van der Waals surface area contributed by atoms with Crippen molar-refractivity contribution in [1.82, 2.24) is 10.6 Å². The van der Waals surface area contributed by atoms with Crippen LogP contribution in [-0.4, -0.2) is 30.8 Å². The summed E-state index contributed by atoms with van der Waals surface area (Å²) >= 11 is 18.2. The molecule has 3 aromatic rings. The molecule has 178 valence electrons. The van der Waals surface area contributed by atoms with Gasteiger partial charge in [0.2, 0.25) is 0 Å². The Morgan fingerprint density at radius 3 is 2.56 bits per heavy atom. The van der Waals surface area contributed by atoms with E-state index in [1.54, 1.807) is 18.2 Å². The summed E-state index contributed by atoms with van der Waals surface area (Å²) < 4.78 is 10.6. The van der Waals surface area contributed by atoms with Crippen molar-refractivity contribution in [2.45, 2.75) is 19.4 Å². The molecular formula is C26H26Cl2N2O3S. The highest BCUT2D eigenvalue weighted by atomic mass is 35.5. The Bertz CT molecular complexity index is 1110. The number of halogens is 2. The van der Waals surface area contributed by atoms with Gasteiger partial charge in [0.1, 0.15) is 12.4 Å². The molecule has 0 aliphatic carbocycles. The van der Waals surface area contributed by atoms with E-state index in [9.17, 15) is 4.79 Å². The van der Waals surface area contributed by atoms with Gasteiger partial charge in [-0.1, -0.05) is 83.4 Å². The second-order valence-corrected chi connectivity index (χ2v) is 8.80. The minimum Gasteiger partial charge on any atom is -0.482 e. The second-order valence-electron chi connectivity index (χ2n) is 7.61. The Hall–Kier alpha value is -2.80. The maximum atomic E-state index is 11.9. The number of rotatable bonds is 10. The first kappa shape index (κ1) is 25.8. The van der Waals surface area contributed by atoms with Gasteiger partial charge >= 0.3 is 5.97 Å². The first-order valence-corrected chi connectivity index (χ1v) is 12.0. The van der Waals surface area contributed by atoms with Crippen molar-refractivity contribution < 1.29 is 14.3 Å². The standard InChI is InChI=1S/C26H26Cl2N2O3S/c1-18-7-5-8-19(15-18)16-23(21-11-6-12-22(27)25(21)28)30-26(34)29-13-14-32-24(31)17-33-20-9-3-2-4-10-20/h2-12,15,23H,13-14,16-17H2,1H3,(H2,29,30,34). The number of thiocarbonyl (C=S) groups is 1. The molecule has 0 aliphatic rings. The zero-order valence-electron chi connectivity index (χ0n) is 18.7. The largest absolute Gasteiger partial charge is 0.482 e. The maximum Gasteiger partial charge on any atom is 0.344 e. The van der Waals surface area contributed by atoms with Gasteiger partial charge in [-0.3, -0.25) is 0 Å². The monoisotopic (exact) mass is 516 g/mol. The summed E-state index contributed by atoms with van der Waals surface area (Å²) in [5, 5.41) is 7.78. The van der Waals surface area contributed by atoms with Crippen LogP contribution < -0.4 is 15.4 Å². The third-order valence-electron chi connectivity index (χ3n) is 4.94. The highest BCUT2D eigenvalue weighted by molar-refractivity contribution is 7.80. The molecule has 1 unspecified atom stereocenters. The van der Waals surface area contributed by atoms with E-state index >= 15 is 0 Å². The van der Waals surface area contributed by atoms with Gasteiger partial charge in [0, 0.05) is 0 Å². The number of nitrogens with one attached hydrogen (secondary N) is 2. The van der Waals surface area contributed by atoms with Crippen molar-refractivity contribution >= 4 is 46.5 Å². The molecule has 0 spiro atoms. The molecular weight excluding hydrogens is 491 g/mol. The lowest BCUT2D eigenvalue weighted by Crippen LogP contribution is -2.40. The van der Waals surface area contributed by atoms with Crippen molar-refractivity contribution in [2.24, 2.45) is 0 Å². The van der Waals surface area contributed by atoms with Crippen LogP contribution in [-0.2, 0) is 16.0 Å². The average Bonchev–Trinajstić information content (AvgIpc) is 2.82. The van der Waals surface area contributed by atoms with Crippen LogP contribution in [0.5, 0.6) is 5.75 Å². The van der Waals surface area contributed by atoms with E-state index in [-0.39, 0.29) is 19.3 Å². The number of benzene rings is 3. The van der Waals surface area contributed by atoms with Crippen molar-refractivity contribution in [3.63, 3.8) is 0 Å². The molecule has 3 rings (SSSR count). The molecule has 0 saturated heterocycles. The van der Waals surface area contributed by atoms with Crippen LogP contribution in [0.4, 0.5) is 0 Å². The van der Waals surface area contributed by atoms with E-state index in [2.05, 4.69) is 35.8 Å². The van der Waals surface area contributed by atoms with Crippen LogP contribution >= 0.6 is 35.4 Å². The fraction of sp³-hybridized carbons (Fsp3) is 0.231. The van der Waals surface area contributed by atoms with Crippen LogP contribution in [0.2, 0.25) is 10.0 Å². The van der Waals surface area contributed by atoms with Crippen LogP contribution in [0, 0.1) is 6.92 Å². The number of ether oxygens (including phenoxy) is 2. The van der Waals surface area contributed by atoms with Crippen LogP contribution in [0.3, 0.4) is 0 Å². The smallest absolute Gasteiger partial charge is 0.344 e. The zero-order valence-corrected chi connectivity index (χ0v) is 21.1. The summed E-state index contributed by atoms with van der Waals surface area (Å²) in [7, 11) is 0. The minimum atomic E-state index is -0.451. The minimum absolute atomic E-state index is 0.152. The van der Waals surface area contributed by atoms with Gasteiger partial charge in [0.25, 0.3) is 0 Å². The highest BCUT2D eigenvalue weighted by Crippen LogP contribution is 2.31. The first-order chi connectivity index (χ1) is 16.4. The van der Waals surface area contributed by atoms with Gasteiger partial charge in [-0.25, -0.2) is 4.79 Å². The summed E-state index contributed by atoms with van der Waals surface area (Å²) in [5.41, 5.74) is 3.17. The molecule has 0 saturated carbocycles. The Labute approximate surface area is 215 Å². The number of aryl methyl sites for hydroxylation is 1. The molecule has 0 fully saturated rings. The Morgan fingerprint density at radius 2 is 1.79 bits per heavy atom. The maximum absolute atomic E-state index is 11.9. The van der Waals surface area contributed by atoms with Gasteiger partial charge < -0.3 is 20.1 Å². The fourth-order valence-corrected chi connectivity index (χ4v) is 4.03. The number of carbonyl (C=O) groups is 1. The molecule has 0 bridgehead atoms. The molecule has 0 aromatic heterocycles. The summed E-state index contributed by atoms with van der Waals surface area (Å²) in [5.74, 6) is 0.162. The van der Waals surface area contributed by atoms with Gasteiger partial charge in [-0.2, -0.15) is 0 Å². The van der Waals surface area contributed by atoms with E-state index in [0.717, 1.165) is 11.1 Å². The normalized spacial score (nSPS) is 11.4. The summed E-state index contributed by atoms with van der Waals surface area (Å²) in [6, 6.07) is 22.7. The summed E-state index contributed by atoms with van der Waals surface area (Å²) in [4.78, 5) is 11.9. The molecule has 0 amide bonds. The SMILES string of the molecule is Cc1cccc(CC(NC(=S)NCCOC(=O)COc2ccccc2)c2cccc(Cl)c2Cl)c1. The first-order valence-electron chi connectivity index (χ1n) is 10.8.